The van der Waals surface area contributed by atoms with Crippen LogP contribution in [-0.2, 0) is 13.0 Å². The minimum absolute atomic E-state index is 0.0146. The monoisotopic (exact) mass is 255 g/mol. The number of rotatable bonds is 4. The Morgan fingerprint density at radius 1 is 1.24 bits per heavy atom. The average Bonchev–Trinajstić information content (AvgIpc) is 2.76. The van der Waals surface area contributed by atoms with Crippen LogP contribution in [0.5, 0.6) is 0 Å². The second-order valence-electron chi connectivity index (χ2n) is 3.41. The normalized spacial score (nSPS) is 10.5. The zero-order chi connectivity index (χ0) is 12.3. The summed E-state index contributed by atoms with van der Waals surface area (Å²) in [5.41, 5.74) is 0.0146. The predicted octanol–water partition coefficient (Wildman–Crippen LogP) is 2.99. The van der Waals surface area contributed by atoms with E-state index in [-0.39, 0.29) is 12.1 Å². The number of nitrogens with zero attached hydrogens (tertiary/aromatic N) is 2. The van der Waals surface area contributed by atoms with E-state index >= 15 is 0 Å². The minimum atomic E-state index is -0.558. The Kier molecular flexibility index (Phi) is 3.63. The second kappa shape index (κ2) is 5.18. The van der Waals surface area contributed by atoms with Crippen LogP contribution in [0.25, 0.3) is 0 Å². The summed E-state index contributed by atoms with van der Waals surface area (Å²) in [6.07, 6.45) is 0.799. The van der Waals surface area contributed by atoms with E-state index < -0.39 is 11.6 Å². The standard InChI is InChI=1S/C11H11F2N3S/c1-2-10-15-16-11(17-10)14-6-7-8(12)4-3-5-9(7)13/h3-5H,2,6H2,1H3,(H,14,16). The molecule has 3 nitrogen and oxygen atoms in total. The molecule has 1 aromatic carbocycles. The molecule has 1 aromatic heterocycles. The van der Waals surface area contributed by atoms with Gasteiger partial charge in [0.1, 0.15) is 16.6 Å². The van der Waals surface area contributed by atoms with Gasteiger partial charge in [-0.25, -0.2) is 8.78 Å². The first kappa shape index (κ1) is 11.9. The van der Waals surface area contributed by atoms with Gasteiger partial charge in [0.05, 0.1) is 0 Å². The summed E-state index contributed by atoms with van der Waals surface area (Å²) in [6.45, 7) is 2.04. The van der Waals surface area contributed by atoms with Gasteiger partial charge >= 0.3 is 0 Å². The first-order valence-corrected chi connectivity index (χ1v) is 6.01. The Hall–Kier alpha value is -1.56. The number of aromatic nitrogens is 2. The molecule has 0 amide bonds. The maximum Gasteiger partial charge on any atom is 0.205 e. The highest BCUT2D eigenvalue weighted by atomic mass is 32.1. The average molecular weight is 255 g/mol. The molecule has 0 unspecified atom stereocenters. The first-order valence-electron chi connectivity index (χ1n) is 5.20. The largest absolute Gasteiger partial charge is 0.356 e. The summed E-state index contributed by atoms with van der Waals surface area (Å²) < 4.78 is 26.6. The molecule has 0 atom stereocenters. The summed E-state index contributed by atoms with van der Waals surface area (Å²) in [6, 6.07) is 3.81. The highest BCUT2D eigenvalue weighted by Crippen LogP contribution is 2.18. The van der Waals surface area contributed by atoms with E-state index in [4.69, 9.17) is 0 Å². The topological polar surface area (TPSA) is 37.8 Å². The maximum atomic E-state index is 13.3. The van der Waals surface area contributed by atoms with E-state index in [1.807, 2.05) is 6.92 Å². The molecule has 1 N–H and O–H groups in total. The van der Waals surface area contributed by atoms with E-state index in [0.717, 1.165) is 11.4 Å². The molecule has 6 heteroatoms. The second-order valence-corrected chi connectivity index (χ2v) is 4.47. The predicted molar refractivity (Wildman–Crippen MR) is 63.0 cm³/mol. The molecule has 0 spiro atoms. The van der Waals surface area contributed by atoms with Gasteiger partial charge in [-0.05, 0) is 18.6 Å². The summed E-state index contributed by atoms with van der Waals surface area (Å²) in [5, 5.41) is 12.1. The van der Waals surface area contributed by atoms with Crippen molar-refractivity contribution in [2.24, 2.45) is 0 Å². The quantitative estimate of drug-likeness (QED) is 0.912. The van der Waals surface area contributed by atoms with E-state index in [2.05, 4.69) is 15.5 Å². The molecule has 90 valence electrons. The number of halogens is 2. The molecule has 0 fully saturated rings. The third kappa shape index (κ3) is 2.76. The highest BCUT2D eigenvalue weighted by molar-refractivity contribution is 7.15. The van der Waals surface area contributed by atoms with Crippen LogP contribution >= 0.6 is 11.3 Å². The van der Waals surface area contributed by atoms with Crippen LogP contribution in [0, 0.1) is 11.6 Å². The zero-order valence-electron chi connectivity index (χ0n) is 9.20. The lowest BCUT2D eigenvalue weighted by molar-refractivity contribution is 0.560. The van der Waals surface area contributed by atoms with Gasteiger partial charge in [0.15, 0.2) is 0 Å². The number of hydrogen-bond donors (Lipinski definition) is 1. The van der Waals surface area contributed by atoms with Gasteiger partial charge in [0, 0.05) is 12.1 Å². The van der Waals surface area contributed by atoms with Gasteiger partial charge in [-0.1, -0.05) is 24.3 Å². The van der Waals surface area contributed by atoms with E-state index in [1.54, 1.807) is 0 Å². The molecule has 0 aliphatic carbocycles. The third-order valence-electron chi connectivity index (χ3n) is 2.25. The van der Waals surface area contributed by atoms with Crippen molar-refractivity contribution in [3.63, 3.8) is 0 Å². The van der Waals surface area contributed by atoms with Crippen LogP contribution in [0.2, 0.25) is 0 Å². The number of benzene rings is 1. The Bertz CT molecular complexity index is 493. The Morgan fingerprint density at radius 2 is 1.94 bits per heavy atom. The summed E-state index contributed by atoms with van der Waals surface area (Å²) in [5.74, 6) is -1.12. The molecule has 0 saturated heterocycles. The van der Waals surface area contributed by atoms with Crippen molar-refractivity contribution in [1.29, 1.82) is 0 Å². The van der Waals surface area contributed by atoms with Crippen molar-refractivity contribution >= 4 is 16.5 Å². The number of anilines is 1. The van der Waals surface area contributed by atoms with Crippen LogP contribution in [0.4, 0.5) is 13.9 Å². The zero-order valence-corrected chi connectivity index (χ0v) is 10.0. The summed E-state index contributed by atoms with van der Waals surface area (Å²) in [7, 11) is 0. The lowest BCUT2D eigenvalue weighted by Crippen LogP contribution is -2.04. The number of nitrogens with one attached hydrogen (secondary N) is 1. The van der Waals surface area contributed by atoms with Gasteiger partial charge in [-0.15, -0.1) is 10.2 Å². The van der Waals surface area contributed by atoms with Crippen LogP contribution in [0.1, 0.15) is 17.5 Å². The van der Waals surface area contributed by atoms with E-state index in [1.165, 1.54) is 29.5 Å². The highest BCUT2D eigenvalue weighted by Gasteiger charge is 2.09. The van der Waals surface area contributed by atoms with Gasteiger partial charge < -0.3 is 5.32 Å². The maximum absolute atomic E-state index is 13.3. The van der Waals surface area contributed by atoms with Gasteiger partial charge in [-0.2, -0.15) is 0 Å². The summed E-state index contributed by atoms with van der Waals surface area (Å²) >= 11 is 1.39. The molecule has 0 radical (unpaired) electrons. The summed E-state index contributed by atoms with van der Waals surface area (Å²) in [4.78, 5) is 0. The van der Waals surface area contributed by atoms with Gasteiger partial charge in [0.2, 0.25) is 5.13 Å². The van der Waals surface area contributed by atoms with Crippen molar-refractivity contribution in [2.75, 3.05) is 5.32 Å². The number of hydrogen-bond acceptors (Lipinski definition) is 4. The fraction of sp³-hybridized carbons (Fsp3) is 0.273. The van der Waals surface area contributed by atoms with Crippen LogP contribution in [0.15, 0.2) is 18.2 Å². The lowest BCUT2D eigenvalue weighted by Gasteiger charge is -2.04. The molecule has 17 heavy (non-hydrogen) atoms. The number of aryl methyl sites for hydroxylation is 1. The molecule has 0 aliphatic heterocycles. The molecule has 2 aromatic rings. The first-order chi connectivity index (χ1) is 8.20. The Morgan fingerprint density at radius 3 is 2.53 bits per heavy atom. The molecular formula is C11H11F2N3S. The fourth-order valence-corrected chi connectivity index (χ4v) is 2.01. The SMILES string of the molecule is CCc1nnc(NCc2c(F)cccc2F)s1. The van der Waals surface area contributed by atoms with Crippen molar-refractivity contribution in [3.8, 4) is 0 Å². The molecule has 0 bridgehead atoms. The van der Waals surface area contributed by atoms with E-state index in [9.17, 15) is 8.78 Å². The van der Waals surface area contributed by atoms with Gasteiger partial charge in [-0.3, -0.25) is 0 Å². The smallest absolute Gasteiger partial charge is 0.205 e. The van der Waals surface area contributed by atoms with Crippen LogP contribution in [-0.4, -0.2) is 10.2 Å². The fourth-order valence-electron chi connectivity index (χ4n) is 1.33. The molecule has 2 rings (SSSR count). The molecule has 0 aliphatic rings. The van der Waals surface area contributed by atoms with Crippen LogP contribution in [0.3, 0.4) is 0 Å². The third-order valence-corrected chi connectivity index (χ3v) is 3.27. The van der Waals surface area contributed by atoms with Crippen LogP contribution < -0.4 is 5.32 Å². The van der Waals surface area contributed by atoms with E-state index in [0.29, 0.717) is 5.13 Å². The lowest BCUT2D eigenvalue weighted by atomic mass is 10.2. The van der Waals surface area contributed by atoms with Crippen molar-refractivity contribution < 1.29 is 8.78 Å². The minimum Gasteiger partial charge on any atom is -0.356 e. The Labute approximate surface area is 102 Å². The molecule has 1 heterocycles. The Balaban J connectivity index is 2.07. The van der Waals surface area contributed by atoms with Gasteiger partial charge in [0.25, 0.3) is 0 Å². The van der Waals surface area contributed by atoms with Crippen molar-refractivity contribution in [2.45, 2.75) is 19.9 Å². The molecular weight excluding hydrogens is 244 g/mol. The molecule has 0 saturated carbocycles. The van der Waals surface area contributed by atoms with Crippen molar-refractivity contribution in [1.82, 2.24) is 10.2 Å². The van der Waals surface area contributed by atoms with Crippen molar-refractivity contribution in [3.05, 3.63) is 40.4 Å².